The predicted octanol–water partition coefficient (Wildman–Crippen LogP) is 3.05. The molecular formula is C29H35N3O6. The van der Waals surface area contributed by atoms with Crippen molar-refractivity contribution in [2.45, 2.75) is 56.9 Å². The molecule has 9 nitrogen and oxygen atoms in total. The predicted molar refractivity (Wildman–Crippen MR) is 141 cm³/mol. The van der Waals surface area contributed by atoms with E-state index in [0.717, 1.165) is 0 Å². The summed E-state index contributed by atoms with van der Waals surface area (Å²) >= 11 is 0. The van der Waals surface area contributed by atoms with Crippen molar-refractivity contribution in [2.75, 3.05) is 24.4 Å². The molecule has 9 heteroatoms. The minimum atomic E-state index is -1.18. The molecule has 3 aliphatic heterocycles. The van der Waals surface area contributed by atoms with Gasteiger partial charge in [0.15, 0.2) is 0 Å². The lowest BCUT2D eigenvalue weighted by Gasteiger charge is -2.38. The monoisotopic (exact) mass is 521 g/mol. The second-order valence-electron chi connectivity index (χ2n) is 11.0. The number of carbonyl (C=O) groups is 3. The molecule has 202 valence electrons. The van der Waals surface area contributed by atoms with Crippen molar-refractivity contribution in [3.63, 3.8) is 0 Å². The molecule has 0 aromatic heterocycles. The molecule has 0 saturated carbocycles. The molecule has 3 aliphatic rings. The number of likely N-dealkylation sites (tertiary alicyclic amines) is 1. The first-order valence-electron chi connectivity index (χ1n) is 13.1. The molecule has 2 bridgehead atoms. The summed E-state index contributed by atoms with van der Waals surface area (Å²) in [6, 6.07) is 14.4. The topological polar surface area (TPSA) is 117 Å². The molecule has 3 amide bonds. The zero-order valence-corrected chi connectivity index (χ0v) is 22.1. The maximum atomic E-state index is 14.2. The molecule has 0 aliphatic carbocycles. The Labute approximate surface area is 222 Å². The zero-order chi connectivity index (χ0) is 27.2. The Kier molecular flexibility index (Phi) is 6.69. The van der Waals surface area contributed by atoms with Gasteiger partial charge in [-0.25, -0.2) is 0 Å². The normalized spacial score (nSPS) is 30.3. The number of aliphatic hydroxyl groups excluding tert-OH is 1. The van der Waals surface area contributed by atoms with Gasteiger partial charge in [0.05, 0.1) is 37.2 Å². The number of ether oxygens (including phenoxy) is 2. The number of hydrogen-bond donors (Lipinski definition) is 3. The van der Waals surface area contributed by atoms with Gasteiger partial charge in [0.25, 0.3) is 0 Å². The number of aliphatic hydroxyl groups is 1. The highest BCUT2D eigenvalue weighted by Gasteiger charge is 2.78. The van der Waals surface area contributed by atoms with Crippen LogP contribution in [0.5, 0.6) is 5.75 Å². The first-order valence-corrected chi connectivity index (χ1v) is 13.1. The fourth-order valence-electron chi connectivity index (χ4n) is 6.67. The quantitative estimate of drug-likeness (QED) is 0.492. The van der Waals surface area contributed by atoms with E-state index in [1.165, 1.54) is 4.90 Å². The largest absolute Gasteiger partial charge is 0.497 e. The number of carbonyl (C=O) groups excluding carboxylic acids is 3. The van der Waals surface area contributed by atoms with Crippen LogP contribution in [-0.2, 0) is 19.1 Å². The third-order valence-corrected chi connectivity index (χ3v) is 8.46. The number of methoxy groups -OCH3 is 1. The number of anilines is 2. The molecular weight excluding hydrogens is 486 g/mol. The second kappa shape index (κ2) is 9.71. The molecule has 2 unspecified atom stereocenters. The second-order valence-corrected chi connectivity index (χ2v) is 11.0. The van der Waals surface area contributed by atoms with E-state index in [1.54, 1.807) is 43.5 Å². The van der Waals surface area contributed by atoms with E-state index in [1.807, 2.05) is 39.0 Å². The van der Waals surface area contributed by atoms with Crippen molar-refractivity contribution in [2.24, 2.45) is 17.8 Å². The Morgan fingerprint density at radius 2 is 1.68 bits per heavy atom. The van der Waals surface area contributed by atoms with Crippen molar-refractivity contribution in [1.29, 1.82) is 0 Å². The molecule has 3 fully saturated rings. The van der Waals surface area contributed by atoms with Crippen molar-refractivity contribution in [3.05, 3.63) is 54.6 Å². The first-order chi connectivity index (χ1) is 18.1. The highest BCUT2D eigenvalue weighted by atomic mass is 16.5. The van der Waals surface area contributed by atoms with E-state index < -0.39 is 41.0 Å². The minimum Gasteiger partial charge on any atom is -0.497 e. The highest BCUT2D eigenvalue weighted by molar-refractivity contribution is 6.05. The number of benzene rings is 2. The number of para-hydroxylation sites is 1. The number of rotatable bonds is 8. The average molecular weight is 522 g/mol. The molecule has 3 N–H and O–H groups in total. The molecule has 6 atom stereocenters. The van der Waals surface area contributed by atoms with Gasteiger partial charge in [-0.1, -0.05) is 32.0 Å². The Hall–Kier alpha value is -3.43. The lowest BCUT2D eigenvalue weighted by atomic mass is 9.66. The lowest BCUT2D eigenvalue weighted by molar-refractivity contribution is -0.148. The van der Waals surface area contributed by atoms with Crippen LogP contribution in [0.3, 0.4) is 0 Å². The van der Waals surface area contributed by atoms with Crippen molar-refractivity contribution in [1.82, 2.24) is 4.90 Å². The third-order valence-electron chi connectivity index (χ3n) is 8.46. The summed E-state index contributed by atoms with van der Waals surface area (Å²) in [5.74, 6) is -2.14. The molecule has 0 radical (unpaired) electrons. The minimum absolute atomic E-state index is 0.125. The van der Waals surface area contributed by atoms with E-state index in [9.17, 15) is 19.5 Å². The number of amides is 3. The van der Waals surface area contributed by atoms with Crippen LogP contribution in [0.15, 0.2) is 54.6 Å². The average Bonchev–Trinajstić information content (AvgIpc) is 3.46. The van der Waals surface area contributed by atoms with Crippen LogP contribution in [0.4, 0.5) is 11.4 Å². The summed E-state index contributed by atoms with van der Waals surface area (Å²) in [6.07, 6.45) is 0.998. The Morgan fingerprint density at radius 1 is 1.05 bits per heavy atom. The maximum absolute atomic E-state index is 14.2. The summed E-state index contributed by atoms with van der Waals surface area (Å²) in [4.78, 5) is 43.3. The summed E-state index contributed by atoms with van der Waals surface area (Å²) < 4.78 is 11.8. The van der Waals surface area contributed by atoms with E-state index >= 15 is 0 Å². The zero-order valence-electron chi connectivity index (χ0n) is 22.1. The summed E-state index contributed by atoms with van der Waals surface area (Å²) in [6.45, 7) is 5.35. The fraction of sp³-hybridized carbons (Fsp3) is 0.483. The van der Waals surface area contributed by atoms with E-state index in [-0.39, 0.29) is 24.3 Å². The SMILES string of the molecule is COc1ccc(NC(=O)C2N([C@@H](CO)C(C)C)C(=O)[C@@H]3[C@H](C(=O)Nc4ccccc4)[C@]4(C)CCC23O4)cc1. The number of fused-ring (bicyclic) bond motifs is 1. The fourth-order valence-corrected chi connectivity index (χ4v) is 6.67. The molecule has 2 aromatic rings. The summed E-state index contributed by atoms with van der Waals surface area (Å²) in [5, 5.41) is 16.2. The number of nitrogens with one attached hydrogen (secondary N) is 2. The summed E-state index contributed by atoms with van der Waals surface area (Å²) in [5.41, 5.74) is -0.894. The van der Waals surface area contributed by atoms with Crippen LogP contribution in [-0.4, -0.2) is 64.7 Å². The van der Waals surface area contributed by atoms with E-state index in [0.29, 0.717) is 30.0 Å². The third kappa shape index (κ3) is 4.05. The van der Waals surface area contributed by atoms with Gasteiger partial charge >= 0.3 is 0 Å². The van der Waals surface area contributed by atoms with Gasteiger partial charge in [-0.15, -0.1) is 0 Å². The van der Waals surface area contributed by atoms with E-state index in [4.69, 9.17) is 9.47 Å². The Bertz CT molecular complexity index is 1220. The van der Waals surface area contributed by atoms with Crippen LogP contribution in [0, 0.1) is 17.8 Å². The van der Waals surface area contributed by atoms with Crippen LogP contribution < -0.4 is 15.4 Å². The lowest BCUT2D eigenvalue weighted by Crippen LogP contribution is -2.57. The standard InChI is InChI=1S/C29H35N3O6/c1-17(2)21(16-33)32-24(26(35)31-19-10-12-20(37-4)13-11-19)29-15-14-28(3,38-29)22(23(29)27(32)36)25(34)30-18-8-6-5-7-9-18/h5-13,17,21-24,33H,14-16H2,1-4H3,(H,30,34)(H,31,35)/t21-,22+,23-,24?,28-,29?/m0/s1. The van der Waals surface area contributed by atoms with Gasteiger partial charge < -0.3 is 30.1 Å². The van der Waals surface area contributed by atoms with Crippen LogP contribution >= 0.6 is 0 Å². The van der Waals surface area contributed by atoms with E-state index in [2.05, 4.69) is 10.6 Å². The maximum Gasteiger partial charge on any atom is 0.250 e. The van der Waals surface area contributed by atoms with Crippen molar-refractivity contribution < 1.29 is 29.0 Å². The molecule has 38 heavy (non-hydrogen) atoms. The van der Waals surface area contributed by atoms with Crippen LogP contribution in [0.25, 0.3) is 0 Å². The molecule has 2 aromatic carbocycles. The smallest absolute Gasteiger partial charge is 0.250 e. The molecule has 1 spiro atoms. The van der Waals surface area contributed by atoms with Gasteiger partial charge in [-0.3, -0.25) is 14.4 Å². The molecule has 3 heterocycles. The molecule has 3 saturated heterocycles. The van der Waals surface area contributed by atoms with Crippen molar-refractivity contribution >= 4 is 29.1 Å². The van der Waals surface area contributed by atoms with Crippen LogP contribution in [0.2, 0.25) is 0 Å². The van der Waals surface area contributed by atoms with Crippen molar-refractivity contribution in [3.8, 4) is 5.75 Å². The Morgan fingerprint density at radius 3 is 2.29 bits per heavy atom. The van der Waals surface area contributed by atoms with Gasteiger partial charge in [0.2, 0.25) is 17.7 Å². The first kappa shape index (κ1) is 26.2. The van der Waals surface area contributed by atoms with Gasteiger partial charge in [0, 0.05) is 11.4 Å². The van der Waals surface area contributed by atoms with Crippen LogP contribution in [0.1, 0.15) is 33.6 Å². The summed E-state index contributed by atoms with van der Waals surface area (Å²) in [7, 11) is 1.56. The number of hydrogen-bond acceptors (Lipinski definition) is 6. The Balaban J connectivity index is 1.53. The van der Waals surface area contributed by atoms with Gasteiger partial charge in [-0.05, 0) is 62.1 Å². The number of nitrogens with zero attached hydrogens (tertiary/aromatic N) is 1. The highest BCUT2D eigenvalue weighted by Crippen LogP contribution is 2.63. The van der Waals surface area contributed by atoms with Gasteiger partial charge in [-0.2, -0.15) is 0 Å². The van der Waals surface area contributed by atoms with Gasteiger partial charge in [0.1, 0.15) is 17.4 Å². The molecule has 5 rings (SSSR count).